The Bertz CT molecular complexity index is 1140. The minimum Gasteiger partial charge on any atom is -0.354 e. The second kappa shape index (κ2) is 12.2. The lowest BCUT2D eigenvalue weighted by atomic mass is 10.1. The van der Waals surface area contributed by atoms with Crippen molar-refractivity contribution in [1.29, 1.82) is 0 Å². The van der Waals surface area contributed by atoms with Crippen LogP contribution in [0.3, 0.4) is 0 Å². The van der Waals surface area contributed by atoms with Gasteiger partial charge in [0.1, 0.15) is 18.2 Å². The molecule has 7 nitrogen and oxygen atoms in total. The Morgan fingerprint density at radius 2 is 1.74 bits per heavy atom. The summed E-state index contributed by atoms with van der Waals surface area (Å²) in [4.78, 5) is 43.0. The third-order valence-corrected chi connectivity index (χ3v) is 5.05. The Hall–Kier alpha value is -4.07. The lowest BCUT2D eigenvalue weighted by Crippen LogP contribution is -2.41. The van der Waals surface area contributed by atoms with E-state index in [9.17, 15) is 18.8 Å². The van der Waals surface area contributed by atoms with Gasteiger partial charge in [0.15, 0.2) is 0 Å². The number of aromatic nitrogens is 1. The number of anilines is 2. The maximum atomic E-state index is 13.8. The van der Waals surface area contributed by atoms with Crippen LogP contribution in [0.5, 0.6) is 0 Å². The van der Waals surface area contributed by atoms with Crippen molar-refractivity contribution in [2.75, 3.05) is 23.3 Å². The van der Waals surface area contributed by atoms with E-state index in [0.29, 0.717) is 18.8 Å². The maximum Gasteiger partial charge on any atom is 0.240 e. The number of nitrogens with zero attached hydrogens (tertiary/aromatic N) is 2. The Labute approximate surface area is 198 Å². The van der Waals surface area contributed by atoms with Crippen LogP contribution in [0, 0.1) is 12.7 Å². The zero-order chi connectivity index (χ0) is 24.3. The third-order valence-electron chi connectivity index (χ3n) is 5.05. The maximum absolute atomic E-state index is 13.8. The number of halogens is 1. The van der Waals surface area contributed by atoms with Gasteiger partial charge in [-0.3, -0.25) is 14.4 Å². The van der Waals surface area contributed by atoms with E-state index in [1.165, 1.54) is 23.1 Å². The fourth-order valence-corrected chi connectivity index (χ4v) is 3.32. The van der Waals surface area contributed by atoms with Gasteiger partial charge < -0.3 is 15.5 Å². The van der Waals surface area contributed by atoms with Gasteiger partial charge in [-0.2, -0.15) is 0 Å². The molecule has 2 N–H and O–H groups in total. The van der Waals surface area contributed by atoms with Gasteiger partial charge in [0.05, 0.1) is 0 Å². The van der Waals surface area contributed by atoms with Crippen LogP contribution in [0.15, 0.2) is 72.9 Å². The lowest BCUT2D eigenvalue weighted by molar-refractivity contribution is -0.125. The van der Waals surface area contributed by atoms with Gasteiger partial charge in [-0.15, -0.1) is 0 Å². The molecule has 0 aliphatic heterocycles. The highest BCUT2D eigenvalue weighted by molar-refractivity contribution is 6.01. The average molecular weight is 463 g/mol. The van der Waals surface area contributed by atoms with E-state index in [-0.39, 0.29) is 36.9 Å². The van der Waals surface area contributed by atoms with E-state index >= 15 is 0 Å². The number of carbonyl (C=O) groups excluding carboxylic acids is 3. The number of hydrogen-bond donors (Lipinski definition) is 2. The summed E-state index contributed by atoms with van der Waals surface area (Å²) in [5, 5.41) is 5.44. The molecule has 0 unspecified atom stereocenters. The molecule has 176 valence electrons. The molecule has 1 heterocycles. The number of aryl methyl sites for hydroxylation is 1. The van der Waals surface area contributed by atoms with Crippen LogP contribution in [0.25, 0.3) is 0 Å². The smallest absolute Gasteiger partial charge is 0.240 e. The summed E-state index contributed by atoms with van der Waals surface area (Å²) in [6.07, 6.45) is 1.98. The van der Waals surface area contributed by atoms with E-state index in [1.807, 2.05) is 37.3 Å². The molecular weight excluding hydrogens is 435 g/mol. The Morgan fingerprint density at radius 1 is 0.941 bits per heavy atom. The number of amides is 3. The van der Waals surface area contributed by atoms with Crippen molar-refractivity contribution in [3.63, 3.8) is 0 Å². The number of pyridine rings is 1. The highest BCUT2D eigenvalue weighted by Gasteiger charge is 2.20. The van der Waals surface area contributed by atoms with Gasteiger partial charge in [0.25, 0.3) is 0 Å². The van der Waals surface area contributed by atoms with E-state index in [1.54, 1.807) is 24.4 Å². The first kappa shape index (κ1) is 24.6. The molecule has 0 aliphatic rings. The van der Waals surface area contributed by atoms with Crippen LogP contribution in [-0.4, -0.2) is 35.8 Å². The molecule has 0 radical (unpaired) electrons. The molecule has 0 saturated heterocycles. The molecule has 34 heavy (non-hydrogen) atoms. The summed E-state index contributed by atoms with van der Waals surface area (Å²) < 4.78 is 13.8. The van der Waals surface area contributed by atoms with Crippen molar-refractivity contribution in [3.8, 4) is 0 Å². The van der Waals surface area contributed by atoms with Gasteiger partial charge in [0, 0.05) is 31.3 Å². The van der Waals surface area contributed by atoms with E-state index < -0.39 is 11.7 Å². The first-order valence-electron chi connectivity index (χ1n) is 11.0. The summed E-state index contributed by atoms with van der Waals surface area (Å²) in [6, 6.07) is 18.7. The molecule has 1 aromatic heterocycles. The Morgan fingerprint density at radius 3 is 2.47 bits per heavy atom. The minimum absolute atomic E-state index is 0.101. The van der Waals surface area contributed by atoms with Crippen LogP contribution in [0.2, 0.25) is 0 Å². The number of nitrogens with one attached hydrogen (secondary N) is 2. The molecule has 3 rings (SSSR count). The van der Waals surface area contributed by atoms with Crippen LogP contribution < -0.4 is 15.5 Å². The number of rotatable bonds is 10. The second-order valence-electron chi connectivity index (χ2n) is 7.81. The molecule has 0 aliphatic carbocycles. The Kier molecular flexibility index (Phi) is 8.85. The van der Waals surface area contributed by atoms with Gasteiger partial charge in [0.2, 0.25) is 17.7 Å². The Balaban J connectivity index is 1.58. The highest BCUT2D eigenvalue weighted by atomic mass is 19.1. The topological polar surface area (TPSA) is 91.4 Å². The zero-order valence-corrected chi connectivity index (χ0v) is 19.0. The van der Waals surface area contributed by atoms with Gasteiger partial charge in [-0.1, -0.05) is 36.4 Å². The lowest BCUT2D eigenvalue weighted by Gasteiger charge is -2.22. The molecule has 2 aromatic carbocycles. The third kappa shape index (κ3) is 7.81. The van der Waals surface area contributed by atoms with E-state index in [2.05, 4.69) is 15.6 Å². The number of benzene rings is 2. The van der Waals surface area contributed by atoms with Gasteiger partial charge in [-0.05, 0) is 54.8 Å². The molecular formula is C26H27FN4O3. The average Bonchev–Trinajstić information content (AvgIpc) is 2.82. The predicted octanol–water partition coefficient (Wildman–Crippen LogP) is 3.64. The molecule has 0 bridgehead atoms. The second-order valence-corrected chi connectivity index (χ2v) is 7.81. The SMILES string of the molecule is Cc1ccnc(NC(=O)CCC(=O)N(CC(=O)NCCc2ccccc2)c2cccc(F)c2)c1. The predicted molar refractivity (Wildman–Crippen MR) is 129 cm³/mol. The van der Waals surface area contributed by atoms with Crippen molar-refractivity contribution in [2.45, 2.75) is 26.2 Å². The van der Waals surface area contributed by atoms with Crippen molar-refractivity contribution < 1.29 is 18.8 Å². The first-order valence-corrected chi connectivity index (χ1v) is 11.0. The standard InChI is InChI=1S/C26H27FN4O3/c1-19-12-14-28-23(16-19)30-24(32)10-11-26(34)31(22-9-5-8-21(27)17-22)18-25(33)29-15-13-20-6-3-2-4-7-20/h2-9,12,14,16-17H,10-11,13,15,18H2,1H3,(H,29,33)(H,28,30,32). The number of hydrogen-bond acceptors (Lipinski definition) is 4. The number of carbonyl (C=O) groups is 3. The van der Waals surface area contributed by atoms with Crippen LogP contribution in [-0.2, 0) is 20.8 Å². The molecule has 8 heteroatoms. The monoisotopic (exact) mass is 462 g/mol. The fourth-order valence-electron chi connectivity index (χ4n) is 3.32. The van der Waals surface area contributed by atoms with Crippen molar-refractivity contribution in [2.24, 2.45) is 0 Å². The normalized spacial score (nSPS) is 10.4. The minimum atomic E-state index is -0.525. The quantitative estimate of drug-likeness (QED) is 0.481. The summed E-state index contributed by atoms with van der Waals surface area (Å²) in [7, 11) is 0. The molecule has 0 atom stereocenters. The van der Waals surface area contributed by atoms with Crippen molar-refractivity contribution in [1.82, 2.24) is 10.3 Å². The molecule has 3 aromatic rings. The summed E-state index contributed by atoms with van der Waals surface area (Å²) in [5.41, 5.74) is 2.27. The van der Waals surface area contributed by atoms with Crippen LogP contribution in [0.4, 0.5) is 15.9 Å². The van der Waals surface area contributed by atoms with Crippen LogP contribution in [0.1, 0.15) is 24.0 Å². The molecule has 0 spiro atoms. The summed E-state index contributed by atoms with van der Waals surface area (Å²) >= 11 is 0. The zero-order valence-electron chi connectivity index (χ0n) is 19.0. The van der Waals surface area contributed by atoms with E-state index in [0.717, 1.165) is 11.1 Å². The van der Waals surface area contributed by atoms with Crippen molar-refractivity contribution >= 4 is 29.2 Å². The van der Waals surface area contributed by atoms with Crippen LogP contribution >= 0.6 is 0 Å². The summed E-state index contributed by atoms with van der Waals surface area (Å²) in [5.74, 6) is -1.34. The summed E-state index contributed by atoms with van der Waals surface area (Å²) in [6.45, 7) is 2.00. The first-order chi connectivity index (χ1) is 16.4. The van der Waals surface area contributed by atoms with E-state index in [4.69, 9.17) is 0 Å². The fraction of sp³-hybridized carbons (Fsp3) is 0.231. The molecule has 0 fully saturated rings. The molecule has 0 saturated carbocycles. The largest absolute Gasteiger partial charge is 0.354 e. The highest BCUT2D eigenvalue weighted by Crippen LogP contribution is 2.17. The van der Waals surface area contributed by atoms with Gasteiger partial charge >= 0.3 is 0 Å². The van der Waals surface area contributed by atoms with Gasteiger partial charge in [-0.25, -0.2) is 9.37 Å². The van der Waals surface area contributed by atoms with Crippen molar-refractivity contribution in [3.05, 3.63) is 89.9 Å². The molecule has 3 amide bonds.